The molecule has 0 saturated carbocycles. The van der Waals surface area contributed by atoms with Gasteiger partial charge in [-0.1, -0.05) is 23.2 Å². The SMILES string of the molecule is O=S(=O)(Cl)c1ccc(Cl)c(C(F)(F)F)c1Cl. The van der Waals surface area contributed by atoms with Crippen molar-refractivity contribution in [2.45, 2.75) is 11.1 Å². The number of hydrogen-bond acceptors (Lipinski definition) is 2. The van der Waals surface area contributed by atoms with E-state index in [4.69, 9.17) is 33.9 Å². The fourth-order valence-electron chi connectivity index (χ4n) is 0.982. The molecular formula is C7H2Cl3F3O2S. The molecule has 0 amide bonds. The van der Waals surface area contributed by atoms with Crippen LogP contribution in [0.5, 0.6) is 0 Å². The Labute approximate surface area is 103 Å². The van der Waals surface area contributed by atoms with Crippen LogP contribution in [0.1, 0.15) is 5.56 Å². The molecule has 0 radical (unpaired) electrons. The topological polar surface area (TPSA) is 34.1 Å². The number of hydrogen-bond donors (Lipinski definition) is 0. The summed E-state index contributed by atoms with van der Waals surface area (Å²) in [5, 5.41) is -1.73. The quantitative estimate of drug-likeness (QED) is 0.736. The van der Waals surface area contributed by atoms with Gasteiger partial charge in [0.1, 0.15) is 4.90 Å². The molecule has 0 aliphatic heterocycles. The first-order valence-electron chi connectivity index (χ1n) is 3.55. The van der Waals surface area contributed by atoms with Crippen LogP contribution in [0.4, 0.5) is 13.2 Å². The Bertz CT molecular complexity index is 524. The molecule has 0 N–H and O–H groups in total. The molecule has 0 heterocycles. The maximum atomic E-state index is 12.5. The van der Waals surface area contributed by atoms with E-state index in [1.165, 1.54) is 0 Å². The second-order valence-corrected chi connectivity index (χ2v) is 5.99. The Morgan fingerprint density at radius 2 is 1.62 bits per heavy atom. The highest BCUT2D eigenvalue weighted by atomic mass is 35.7. The van der Waals surface area contributed by atoms with Crippen molar-refractivity contribution >= 4 is 42.9 Å². The maximum Gasteiger partial charge on any atom is 0.419 e. The van der Waals surface area contributed by atoms with Gasteiger partial charge in [-0.05, 0) is 12.1 Å². The Balaban J connectivity index is 3.65. The molecule has 0 bridgehead atoms. The molecule has 2 nitrogen and oxygen atoms in total. The van der Waals surface area contributed by atoms with Crippen LogP contribution in [0.2, 0.25) is 10.0 Å². The number of rotatable bonds is 1. The summed E-state index contributed by atoms with van der Waals surface area (Å²) >= 11 is 10.6. The molecule has 0 atom stereocenters. The Morgan fingerprint density at radius 3 is 2.00 bits per heavy atom. The zero-order valence-electron chi connectivity index (χ0n) is 7.15. The molecule has 0 aliphatic rings. The molecule has 0 spiro atoms. The third kappa shape index (κ3) is 2.74. The first kappa shape index (κ1) is 13.9. The Hall–Kier alpha value is -0.170. The first-order valence-corrected chi connectivity index (χ1v) is 6.61. The lowest BCUT2D eigenvalue weighted by Gasteiger charge is -2.12. The largest absolute Gasteiger partial charge is 0.419 e. The molecule has 0 saturated heterocycles. The van der Waals surface area contributed by atoms with Gasteiger partial charge in [0.2, 0.25) is 0 Å². The molecule has 0 unspecified atom stereocenters. The minimum absolute atomic E-state index is 0.693. The van der Waals surface area contributed by atoms with E-state index in [1.54, 1.807) is 0 Å². The lowest BCUT2D eigenvalue weighted by atomic mass is 10.2. The second kappa shape index (κ2) is 4.25. The average molecular weight is 314 g/mol. The van der Waals surface area contributed by atoms with Crippen molar-refractivity contribution in [3.63, 3.8) is 0 Å². The van der Waals surface area contributed by atoms with Gasteiger partial charge in [0.15, 0.2) is 0 Å². The van der Waals surface area contributed by atoms with Gasteiger partial charge in [-0.15, -0.1) is 0 Å². The summed E-state index contributed by atoms with van der Waals surface area (Å²) in [6.45, 7) is 0. The molecular weight excluding hydrogens is 311 g/mol. The normalized spacial score (nSPS) is 12.9. The molecule has 16 heavy (non-hydrogen) atoms. The molecule has 0 aromatic heterocycles. The third-order valence-corrected chi connectivity index (χ3v) is 3.79. The van der Waals surface area contributed by atoms with Gasteiger partial charge in [-0.2, -0.15) is 13.2 Å². The van der Waals surface area contributed by atoms with Crippen LogP contribution in [-0.2, 0) is 15.2 Å². The van der Waals surface area contributed by atoms with E-state index in [1.807, 2.05) is 0 Å². The minimum Gasteiger partial charge on any atom is -0.207 e. The lowest BCUT2D eigenvalue weighted by molar-refractivity contribution is -0.137. The molecule has 1 aromatic rings. The van der Waals surface area contributed by atoms with Crippen molar-refractivity contribution in [2.24, 2.45) is 0 Å². The van der Waals surface area contributed by atoms with Crippen molar-refractivity contribution in [3.8, 4) is 0 Å². The zero-order valence-corrected chi connectivity index (χ0v) is 10.2. The summed E-state index contributed by atoms with van der Waals surface area (Å²) in [5.74, 6) is 0. The van der Waals surface area contributed by atoms with E-state index in [9.17, 15) is 21.6 Å². The van der Waals surface area contributed by atoms with Crippen LogP contribution in [0.3, 0.4) is 0 Å². The van der Waals surface area contributed by atoms with Gasteiger partial charge in [0, 0.05) is 10.7 Å². The average Bonchev–Trinajstić information content (AvgIpc) is 1.97. The lowest BCUT2D eigenvalue weighted by Crippen LogP contribution is -2.09. The van der Waals surface area contributed by atoms with E-state index in [0.717, 1.165) is 12.1 Å². The first-order chi connectivity index (χ1) is 7.05. The third-order valence-electron chi connectivity index (χ3n) is 1.60. The summed E-state index contributed by atoms with van der Waals surface area (Å²) in [6, 6.07) is 1.58. The molecule has 1 aromatic carbocycles. The number of halogens is 6. The smallest absolute Gasteiger partial charge is 0.207 e. The van der Waals surface area contributed by atoms with E-state index >= 15 is 0 Å². The van der Waals surface area contributed by atoms with Crippen molar-refractivity contribution in [1.82, 2.24) is 0 Å². The summed E-state index contributed by atoms with van der Waals surface area (Å²) in [6.07, 6.45) is -4.86. The molecule has 0 aliphatic carbocycles. The summed E-state index contributed by atoms with van der Waals surface area (Å²) in [5.41, 5.74) is -1.42. The Morgan fingerprint density at radius 1 is 1.12 bits per heavy atom. The standard InChI is InChI=1S/C7H2Cl3F3O2S/c8-3-1-2-4(16(10,14)15)6(9)5(3)7(11,12)13/h1-2H. The molecule has 0 fully saturated rings. The highest BCUT2D eigenvalue weighted by Gasteiger charge is 2.38. The van der Waals surface area contributed by atoms with Gasteiger partial charge in [-0.25, -0.2) is 8.42 Å². The van der Waals surface area contributed by atoms with Crippen LogP contribution in [0, 0.1) is 0 Å². The second-order valence-electron chi connectivity index (χ2n) is 2.67. The minimum atomic E-state index is -4.86. The van der Waals surface area contributed by atoms with Gasteiger partial charge in [0.25, 0.3) is 9.05 Å². The van der Waals surface area contributed by atoms with E-state index in [0.29, 0.717) is 0 Å². The monoisotopic (exact) mass is 312 g/mol. The van der Waals surface area contributed by atoms with E-state index in [2.05, 4.69) is 0 Å². The van der Waals surface area contributed by atoms with Gasteiger partial charge >= 0.3 is 6.18 Å². The highest BCUT2D eigenvalue weighted by Crippen LogP contribution is 2.42. The van der Waals surface area contributed by atoms with Crippen LogP contribution >= 0.6 is 33.9 Å². The fraction of sp³-hybridized carbons (Fsp3) is 0.143. The van der Waals surface area contributed by atoms with Crippen molar-refractivity contribution in [2.75, 3.05) is 0 Å². The number of alkyl halides is 3. The predicted octanol–water partition coefficient (Wildman–Crippen LogP) is 3.94. The number of benzene rings is 1. The van der Waals surface area contributed by atoms with Crippen LogP contribution < -0.4 is 0 Å². The van der Waals surface area contributed by atoms with E-state index < -0.39 is 35.7 Å². The zero-order chi connectivity index (χ0) is 12.7. The fourth-order valence-corrected chi connectivity index (χ4v) is 2.92. The Kier molecular flexibility index (Phi) is 3.69. The van der Waals surface area contributed by atoms with Crippen molar-refractivity contribution in [1.29, 1.82) is 0 Å². The summed E-state index contributed by atoms with van der Waals surface area (Å²) < 4.78 is 59.2. The van der Waals surface area contributed by atoms with Crippen LogP contribution in [-0.4, -0.2) is 8.42 Å². The van der Waals surface area contributed by atoms with Crippen molar-refractivity contribution < 1.29 is 21.6 Å². The van der Waals surface area contributed by atoms with Gasteiger partial charge < -0.3 is 0 Å². The van der Waals surface area contributed by atoms with Crippen molar-refractivity contribution in [3.05, 3.63) is 27.7 Å². The van der Waals surface area contributed by atoms with Crippen LogP contribution in [0.25, 0.3) is 0 Å². The molecule has 9 heteroatoms. The van der Waals surface area contributed by atoms with Gasteiger partial charge in [0.05, 0.1) is 15.6 Å². The molecule has 90 valence electrons. The van der Waals surface area contributed by atoms with E-state index in [-0.39, 0.29) is 0 Å². The summed E-state index contributed by atoms with van der Waals surface area (Å²) in [4.78, 5) is -0.826. The van der Waals surface area contributed by atoms with Crippen LogP contribution in [0.15, 0.2) is 17.0 Å². The maximum absolute atomic E-state index is 12.5. The summed E-state index contributed by atoms with van der Waals surface area (Å²) in [7, 11) is 0.564. The predicted molar refractivity (Wildman–Crippen MR) is 54.5 cm³/mol. The van der Waals surface area contributed by atoms with Gasteiger partial charge in [-0.3, -0.25) is 0 Å². The molecule has 1 rings (SSSR count). The highest BCUT2D eigenvalue weighted by molar-refractivity contribution is 8.13.